The average Bonchev–Trinajstić information content (AvgIpc) is 3.39. The first-order valence-corrected chi connectivity index (χ1v) is 28.0. The largest absolute Gasteiger partial charge is 0.505 e. The summed E-state index contributed by atoms with van der Waals surface area (Å²) in [5, 5.41) is 48.7. The van der Waals surface area contributed by atoms with Crippen molar-refractivity contribution in [1.29, 1.82) is 0 Å². The van der Waals surface area contributed by atoms with Gasteiger partial charge in [0.15, 0.2) is 5.75 Å². The van der Waals surface area contributed by atoms with E-state index in [1.54, 1.807) is 82.3 Å². The van der Waals surface area contributed by atoms with Crippen molar-refractivity contribution in [3.63, 3.8) is 0 Å². The zero-order chi connectivity index (χ0) is 55.2. The van der Waals surface area contributed by atoms with Crippen LogP contribution in [0.4, 0.5) is 56.9 Å². The third-order valence-corrected chi connectivity index (χ3v) is 15.3. The zero-order valence-electron chi connectivity index (χ0n) is 40.7. The monoisotopic (exact) mass is 1110 g/mol. The predicted octanol–water partition coefficient (Wildman–Crippen LogP) is 13.9. The molecule has 0 atom stereocenters. The van der Waals surface area contributed by atoms with Gasteiger partial charge in [0.25, 0.3) is 40.5 Å². The fraction of sp³-hybridized carbons (Fsp3) is 0.120. The van der Waals surface area contributed by atoms with Gasteiger partial charge >= 0.3 is 0 Å². The minimum Gasteiger partial charge on any atom is -0.505 e. The Morgan fingerprint density at radius 1 is 0.355 bits per heavy atom. The number of azo groups is 4. The van der Waals surface area contributed by atoms with E-state index >= 15 is 0 Å². The van der Waals surface area contributed by atoms with Crippen LogP contribution in [0, 0.1) is 41.5 Å². The van der Waals surface area contributed by atoms with E-state index in [9.17, 15) is 57.0 Å². The highest BCUT2D eigenvalue weighted by Gasteiger charge is 2.26. The van der Waals surface area contributed by atoms with Crippen molar-refractivity contribution in [1.82, 2.24) is 0 Å². The molecule has 76 heavy (non-hydrogen) atoms. The summed E-state index contributed by atoms with van der Waals surface area (Å²) in [4.78, 5) is -3.47. The number of phenols is 1. The fourth-order valence-electron chi connectivity index (χ4n) is 7.81. The van der Waals surface area contributed by atoms with Gasteiger partial charge in [0.05, 0.1) is 39.0 Å². The highest BCUT2D eigenvalue weighted by molar-refractivity contribution is 7.87. The lowest BCUT2D eigenvalue weighted by molar-refractivity contribution is 0.472. The van der Waals surface area contributed by atoms with E-state index in [-0.39, 0.29) is 11.1 Å². The first kappa shape index (κ1) is 54.2. The van der Waals surface area contributed by atoms with Gasteiger partial charge in [-0.25, -0.2) is 0 Å². The zero-order valence-corrected chi connectivity index (χ0v) is 43.9. The number of benzene rings is 8. The molecule has 390 valence electrons. The van der Waals surface area contributed by atoms with Crippen LogP contribution in [-0.2, 0) is 40.5 Å². The third-order valence-electron chi connectivity index (χ3n) is 11.8. The molecule has 8 rings (SSSR count). The maximum Gasteiger partial charge on any atom is 0.296 e. The maximum atomic E-state index is 12.6. The second kappa shape index (κ2) is 20.6. The summed E-state index contributed by atoms with van der Waals surface area (Å²) in [5.41, 5.74) is 6.61. The van der Waals surface area contributed by atoms with Gasteiger partial charge in [-0.3, -0.25) is 18.2 Å². The van der Waals surface area contributed by atoms with E-state index in [1.165, 1.54) is 6.07 Å². The van der Waals surface area contributed by atoms with E-state index < -0.39 is 88.0 Å². The highest BCUT2D eigenvalue weighted by atomic mass is 32.2. The maximum absolute atomic E-state index is 12.6. The summed E-state index contributed by atoms with van der Waals surface area (Å²) in [7, 11) is -20.1. The van der Waals surface area contributed by atoms with Crippen molar-refractivity contribution in [3.8, 4) is 5.75 Å². The van der Waals surface area contributed by atoms with Crippen LogP contribution in [0.1, 0.15) is 33.4 Å². The number of fused-ring (bicyclic) bond motifs is 2. The number of anilines is 2. The number of hydrogen-bond acceptors (Lipinski definition) is 18. The molecule has 0 unspecified atom stereocenters. The van der Waals surface area contributed by atoms with Crippen LogP contribution in [0.3, 0.4) is 0 Å². The molecule has 22 nitrogen and oxygen atoms in total. The number of phenolic OH excluding ortho intramolecular Hbond substituents is 1. The highest BCUT2D eigenvalue weighted by Crippen LogP contribution is 2.44. The summed E-state index contributed by atoms with van der Waals surface area (Å²) in [6.45, 7) is 10.5. The van der Waals surface area contributed by atoms with Gasteiger partial charge < -0.3 is 10.4 Å². The van der Waals surface area contributed by atoms with E-state index in [4.69, 9.17) is 0 Å². The van der Waals surface area contributed by atoms with Crippen LogP contribution in [0.5, 0.6) is 5.75 Å². The van der Waals surface area contributed by atoms with Crippen molar-refractivity contribution < 1.29 is 57.0 Å². The molecule has 0 amide bonds. The van der Waals surface area contributed by atoms with Gasteiger partial charge in [-0.1, -0.05) is 18.2 Å². The molecule has 0 aliphatic rings. The molecule has 0 saturated carbocycles. The van der Waals surface area contributed by atoms with Crippen LogP contribution >= 0.6 is 0 Å². The molecule has 8 aromatic carbocycles. The fourth-order valence-corrected chi connectivity index (χ4v) is 10.5. The van der Waals surface area contributed by atoms with Crippen LogP contribution in [0.2, 0.25) is 0 Å². The number of aryl methyl sites for hydroxylation is 6. The standard InChI is InChI=1S/C50H43N9O13S4/c1-26-15-40(53-55-42-18-31(6)44(19-30(42)5)57-59-49-48(76(70,71)72)23-32-20-35(12-13-37(32)50(49)60)51-34-10-8-7-9-11-34)27(2)14-39(26)52-54-41-16-29(4)43(17-28(41)3)56-58-45-25-38-33(22-47(45)75(67,68)69)21-36(73(61,62)63)24-46(38)74(64,65)66/h7-25,51,60H,1-6H3,(H,61,62,63)(H,64,65,66)(H,67,68,69)(H,70,71,72)/b54-52?,55-53?,58-56?,59-57+. The van der Waals surface area contributed by atoms with Gasteiger partial charge in [0.1, 0.15) is 26.1 Å². The lowest BCUT2D eigenvalue weighted by Gasteiger charge is -2.12. The lowest BCUT2D eigenvalue weighted by Crippen LogP contribution is -2.05. The first-order chi connectivity index (χ1) is 35.5. The number of nitrogens with one attached hydrogen (secondary N) is 1. The number of para-hydroxylation sites is 1. The quantitative estimate of drug-likeness (QED) is 0.0435. The summed E-state index contributed by atoms with van der Waals surface area (Å²) >= 11 is 0. The van der Waals surface area contributed by atoms with Crippen LogP contribution in [0.15, 0.2) is 176 Å². The van der Waals surface area contributed by atoms with Crippen molar-refractivity contribution in [2.24, 2.45) is 40.9 Å². The smallest absolute Gasteiger partial charge is 0.296 e. The number of nitrogens with zero attached hydrogens (tertiary/aromatic N) is 8. The van der Waals surface area contributed by atoms with Crippen molar-refractivity contribution in [3.05, 3.63) is 149 Å². The van der Waals surface area contributed by atoms with Crippen LogP contribution < -0.4 is 5.32 Å². The Morgan fingerprint density at radius 2 is 0.750 bits per heavy atom. The third kappa shape index (κ3) is 11.9. The first-order valence-electron chi connectivity index (χ1n) is 22.2. The SMILES string of the molecule is Cc1cc(N=Nc2cc(C)c(/N=N/c3c(S(=O)(=O)O)cc4cc(Nc5ccccc5)ccc4c3O)cc2C)c(C)cc1N=Nc1cc(C)c(N=Nc2cc3c(S(=O)(=O)O)cc(S(=O)(=O)O)cc3cc2S(=O)(=O)O)cc1C. The van der Waals surface area contributed by atoms with Gasteiger partial charge in [-0.05, 0) is 183 Å². The van der Waals surface area contributed by atoms with Crippen LogP contribution in [-0.4, -0.2) is 57.0 Å². The summed E-state index contributed by atoms with van der Waals surface area (Å²) in [5.74, 6) is -0.489. The minimum atomic E-state index is -5.15. The molecule has 0 fully saturated rings. The summed E-state index contributed by atoms with van der Waals surface area (Å²) in [6.07, 6.45) is 0. The molecular weight excluding hydrogens is 1060 g/mol. The van der Waals surface area contributed by atoms with Crippen molar-refractivity contribution in [2.45, 2.75) is 61.1 Å². The topological polar surface area (TPSA) is 349 Å². The van der Waals surface area contributed by atoms with Gasteiger partial charge in [0, 0.05) is 22.1 Å². The van der Waals surface area contributed by atoms with Crippen molar-refractivity contribution in [2.75, 3.05) is 5.32 Å². The predicted molar refractivity (Wildman–Crippen MR) is 283 cm³/mol. The Morgan fingerprint density at radius 3 is 1.17 bits per heavy atom. The molecule has 0 spiro atoms. The Kier molecular flexibility index (Phi) is 14.7. The Balaban J connectivity index is 1.01. The van der Waals surface area contributed by atoms with E-state index in [0.717, 1.165) is 23.9 Å². The van der Waals surface area contributed by atoms with Gasteiger partial charge in [0.2, 0.25) is 0 Å². The molecule has 26 heteroatoms. The molecule has 0 bridgehead atoms. The molecule has 6 N–H and O–H groups in total. The average molecular weight is 1110 g/mol. The molecule has 0 heterocycles. The van der Waals surface area contributed by atoms with Crippen LogP contribution in [0.25, 0.3) is 21.5 Å². The Bertz CT molecular complexity index is 4340. The Labute approximate surface area is 435 Å². The van der Waals surface area contributed by atoms with E-state index in [2.05, 4.69) is 46.2 Å². The number of aromatic hydroxyl groups is 1. The second-order valence-corrected chi connectivity index (χ2v) is 23.0. The Hall–Kier alpha value is -8.08. The van der Waals surface area contributed by atoms with E-state index in [1.807, 2.05) is 44.2 Å². The molecular formula is C50H43N9O13S4. The second-order valence-electron chi connectivity index (χ2n) is 17.4. The number of hydrogen-bond donors (Lipinski definition) is 6. The molecule has 0 aromatic heterocycles. The van der Waals surface area contributed by atoms with Crippen molar-refractivity contribution >= 4 is 119 Å². The van der Waals surface area contributed by atoms with Gasteiger partial charge in [-0.2, -0.15) is 64.4 Å². The van der Waals surface area contributed by atoms with E-state index in [0.29, 0.717) is 79.0 Å². The molecule has 8 aromatic rings. The lowest BCUT2D eigenvalue weighted by atomic mass is 10.1. The summed E-state index contributed by atoms with van der Waals surface area (Å²) in [6, 6.07) is 28.4. The molecule has 0 aliphatic carbocycles. The molecule has 0 radical (unpaired) electrons. The summed E-state index contributed by atoms with van der Waals surface area (Å²) < 4.78 is 138. The minimum absolute atomic E-state index is 0.211. The normalized spacial score (nSPS) is 12.9. The molecule has 0 saturated heterocycles. The number of rotatable bonds is 14. The van der Waals surface area contributed by atoms with Gasteiger partial charge in [-0.15, -0.1) is 10.2 Å². The molecule has 0 aliphatic heterocycles.